The molecule has 0 atom stereocenters. The molecule has 0 aromatic heterocycles. The van der Waals surface area contributed by atoms with E-state index in [4.69, 9.17) is 4.74 Å². The monoisotopic (exact) mass is 522 g/mol. The van der Waals surface area contributed by atoms with Gasteiger partial charge in [0.15, 0.2) is 0 Å². The van der Waals surface area contributed by atoms with Gasteiger partial charge in [-0.3, -0.25) is 9.59 Å². The van der Waals surface area contributed by atoms with Gasteiger partial charge in [-0.2, -0.15) is 4.31 Å². The van der Waals surface area contributed by atoms with Gasteiger partial charge in [0, 0.05) is 12.2 Å². The van der Waals surface area contributed by atoms with E-state index in [2.05, 4.69) is 5.32 Å². The molecule has 0 radical (unpaired) electrons. The molecule has 0 aliphatic carbocycles. The van der Waals surface area contributed by atoms with Crippen molar-refractivity contribution in [1.82, 2.24) is 4.31 Å². The average molecular weight is 523 g/mol. The highest BCUT2D eigenvalue weighted by atomic mass is 32.2. The fraction of sp³-hybridized carbons (Fsp3) is 0.310. The number of carbonyl (C=O) groups excluding carboxylic acids is 2. The summed E-state index contributed by atoms with van der Waals surface area (Å²) in [5.74, 6) is -0.783. The van der Waals surface area contributed by atoms with Gasteiger partial charge in [-0.05, 0) is 69.0 Å². The van der Waals surface area contributed by atoms with Crippen molar-refractivity contribution < 1.29 is 22.7 Å². The normalized spacial score (nSPS) is 11.4. The van der Waals surface area contributed by atoms with Gasteiger partial charge in [0.25, 0.3) is 0 Å². The highest BCUT2D eigenvalue weighted by molar-refractivity contribution is 7.89. The molecule has 3 aromatic rings. The molecule has 0 aliphatic rings. The van der Waals surface area contributed by atoms with Crippen LogP contribution in [0.3, 0.4) is 0 Å². The Hall–Kier alpha value is -3.49. The maximum atomic E-state index is 13.8. The SMILES string of the molecule is CCOC(=O)Cc1ccc(NC(=O)CN(Cc2ccc(C)cc2)S(=O)(=O)c2c(C)cc(C)cc2C)cc1. The van der Waals surface area contributed by atoms with Gasteiger partial charge >= 0.3 is 5.97 Å². The van der Waals surface area contributed by atoms with Gasteiger partial charge in [0.2, 0.25) is 15.9 Å². The van der Waals surface area contributed by atoms with Gasteiger partial charge in [0.05, 0.1) is 24.5 Å². The zero-order valence-corrected chi connectivity index (χ0v) is 22.8. The molecule has 0 fully saturated rings. The van der Waals surface area contributed by atoms with Crippen molar-refractivity contribution in [2.45, 2.75) is 52.5 Å². The van der Waals surface area contributed by atoms with Gasteiger partial charge in [-0.15, -0.1) is 0 Å². The van der Waals surface area contributed by atoms with E-state index in [0.29, 0.717) is 23.4 Å². The van der Waals surface area contributed by atoms with Crippen molar-refractivity contribution in [1.29, 1.82) is 0 Å². The fourth-order valence-corrected chi connectivity index (χ4v) is 6.07. The van der Waals surface area contributed by atoms with Crippen LogP contribution >= 0.6 is 0 Å². The second-order valence-corrected chi connectivity index (χ2v) is 11.1. The van der Waals surface area contributed by atoms with Crippen LogP contribution in [-0.2, 0) is 37.3 Å². The lowest BCUT2D eigenvalue weighted by Crippen LogP contribution is -2.38. The second kappa shape index (κ2) is 12.2. The van der Waals surface area contributed by atoms with Crippen LogP contribution in [0, 0.1) is 27.7 Å². The average Bonchev–Trinajstić information content (AvgIpc) is 2.80. The number of sulfonamides is 1. The lowest BCUT2D eigenvalue weighted by atomic mass is 10.1. The standard InChI is InChI=1S/C29H34N2O5S/c1-6-36-28(33)17-24-11-13-26(14-12-24)30-27(32)19-31(18-25-9-7-20(2)8-10-25)37(34,35)29-22(4)15-21(3)16-23(29)5/h7-16H,6,17-19H2,1-5H3,(H,30,32). The first-order chi connectivity index (χ1) is 17.5. The topological polar surface area (TPSA) is 92.8 Å². The Morgan fingerprint density at radius 1 is 0.838 bits per heavy atom. The number of ether oxygens (including phenoxy) is 1. The zero-order valence-electron chi connectivity index (χ0n) is 22.0. The predicted octanol–water partition coefficient (Wildman–Crippen LogP) is 4.86. The quantitative estimate of drug-likeness (QED) is 0.384. The predicted molar refractivity (Wildman–Crippen MR) is 145 cm³/mol. The molecule has 1 amide bonds. The van der Waals surface area contributed by atoms with Crippen LogP contribution in [0.15, 0.2) is 65.6 Å². The van der Waals surface area contributed by atoms with Crippen molar-refractivity contribution >= 4 is 27.6 Å². The number of benzene rings is 3. The van der Waals surface area contributed by atoms with Crippen LogP contribution < -0.4 is 5.32 Å². The number of aryl methyl sites for hydroxylation is 4. The lowest BCUT2D eigenvalue weighted by molar-refractivity contribution is -0.142. The van der Waals surface area contributed by atoms with Crippen LogP contribution in [0.2, 0.25) is 0 Å². The van der Waals surface area contributed by atoms with Gasteiger partial charge in [-0.25, -0.2) is 8.42 Å². The summed E-state index contributed by atoms with van der Waals surface area (Å²) in [6.45, 7) is 9.20. The molecule has 1 N–H and O–H groups in total. The Bertz CT molecular complexity index is 1340. The van der Waals surface area contributed by atoms with Crippen LogP contribution in [0.4, 0.5) is 5.69 Å². The Morgan fingerprint density at radius 2 is 1.41 bits per heavy atom. The minimum absolute atomic E-state index is 0.0568. The molecule has 0 unspecified atom stereocenters. The van der Waals surface area contributed by atoms with Crippen LogP contribution in [0.25, 0.3) is 0 Å². The minimum Gasteiger partial charge on any atom is -0.466 e. The van der Waals surface area contributed by atoms with E-state index in [9.17, 15) is 18.0 Å². The maximum Gasteiger partial charge on any atom is 0.310 e. The molecule has 0 heterocycles. The number of amides is 1. The third-order valence-electron chi connectivity index (χ3n) is 5.89. The Kier molecular flexibility index (Phi) is 9.23. The first-order valence-corrected chi connectivity index (χ1v) is 13.6. The number of hydrogen-bond donors (Lipinski definition) is 1. The Labute approximate surface area is 219 Å². The number of esters is 1. The van der Waals surface area contributed by atoms with Crippen molar-refractivity contribution in [2.75, 3.05) is 18.5 Å². The molecule has 0 bridgehead atoms. The van der Waals surface area contributed by atoms with Gasteiger partial charge < -0.3 is 10.1 Å². The summed E-state index contributed by atoms with van der Waals surface area (Å²) >= 11 is 0. The summed E-state index contributed by atoms with van der Waals surface area (Å²) < 4.78 is 33.9. The molecular formula is C29H34N2O5S. The van der Waals surface area contributed by atoms with Crippen molar-refractivity contribution in [3.63, 3.8) is 0 Å². The Balaban J connectivity index is 1.84. The smallest absolute Gasteiger partial charge is 0.310 e. The van der Waals surface area contributed by atoms with Crippen LogP contribution in [0.1, 0.15) is 40.3 Å². The molecule has 3 rings (SSSR count). The number of rotatable bonds is 10. The number of hydrogen-bond acceptors (Lipinski definition) is 5. The third kappa shape index (κ3) is 7.50. The minimum atomic E-state index is -3.98. The van der Waals surface area contributed by atoms with E-state index in [1.165, 1.54) is 4.31 Å². The van der Waals surface area contributed by atoms with Crippen molar-refractivity contribution in [3.05, 3.63) is 94.0 Å². The fourth-order valence-electron chi connectivity index (χ4n) is 4.27. The molecule has 3 aromatic carbocycles. The van der Waals surface area contributed by atoms with E-state index >= 15 is 0 Å². The van der Waals surface area contributed by atoms with Crippen molar-refractivity contribution in [3.8, 4) is 0 Å². The summed E-state index contributed by atoms with van der Waals surface area (Å²) in [4.78, 5) is 24.9. The summed E-state index contributed by atoms with van der Waals surface area (Å²) in [6.07, 6.45) is 0.139. The number of anilines is 1. The zero-order chi connectivity index (χ0) is 27.2. The van der Waals surface area contributed by atoms with Crippen molar-refractivity contribution in [2.24, 2.45) is 0 Å². The molecule has 37 heavy (non-hydrogen) atoms. The van der Waals surface area contributed by atoms with Crippen LogP contribution in [0.5, 0.6) is 0 Å². The molecular weight excluding hydrogens is 488 g/mol. The lowest BCUT2D eigenvalue weighted by Gasteiger charge is -2.24. The van der Waals surface area contributed by atoms with Gasteiger partial charge in [-0.1, -0.05) is 59.7 Å². The third-order valence-corrected chi connectivity index (χ3v) is 7.99. The number of nitrogens with zero attached hydrogens (tertiary/aromatic N) is 1. The molecule has 0 saturated heterocycles. The largest absolute Gasteiger partial charge is 0.466 e. The highest BCUT2D eigenvalue weighted by Crippen LogP contribution is 2.26. The van der Waals surface area contributed by atoms with Gasteiger partial charge in [0.1, 0.15) is 0 Å². The first kappa shape index (κ1) is 28.1. The summed E-state index contributed by atoms with van der Waals surface area (Å²) in [6, 6.07) is 18.1. The van der Waals surface area contributed by atoms with E-state index in [1.54, 1.807) is 45.0 Å². The van der Waals surface area contributed by atoms with E-state index in [0.717, 1.165) is 22.3 Å². The molecule has 196 valence electrons. The van der Waals surface area contributed by atoms with Crippen LogP contribution in [-0.4, -0.2) is 37.8 Å². The number of nitrogens with one attached hydrogen (secondary N) is 1. The number of carbonyl (C=O) groups is 2. The summed E-state index contributed by atoms with van der Waals surface area (Å²) in [5, 5.41) is 2.77. The molecule has 0 spiro atoms. The second-order valence-electron chi connectivity index (χ2n) is 9.21. The summed E-state index contributed by atoms with van der Waals surface area (Å²) in [7, 11) is -3.98. The maximum absolute atomic E-state index is 13.8. The molecule has 8 heteroatoms. The molecule has 0 saturated carbocycles. The van der Waals surface area contributed by atoms with E-state index in [-0.39, 0.29) is 30.4 Å². The highest BCUT2D eigenvalue weighted by Gasteiger charge is 2.30. The Morgan fingerprint density at radius 3 is 1.97 bits per heavy atom. The molecule has 7 nitrogen and oxygen atoms in total. The summed E-state index contributed by atoms with van der Waals surface area (Å²) in [5.41, 5.74) is 5.37. The van der Waals surface area contributed by atoms with E-state index < -0.39 is 15.9 Å². The van der Waals surface area contributed by atoms with E-state index in [1.807, 2.05) is 50.2 Å². The molecule has 0 aliphatic heterocycles. The first-order valence-electron chi connectivity index (χ1n) is 12.2.